The number of hydrogen-bond donors (Lipinski definition) is 2. The monoisotopic (exact) mass is 307 g/mol. The summed E-state index contributed by atoms with van der Waals surface area (Å²) in [6, 6.07) is 8.06. The second-order valence-corrected chi connectivity index (χ2v) is 5.83. The Kier molecular flexibility index (Phi) is 5.24. The van der Waals surface area contributed by atoms with Crippen molar-refractivity contribution in [3.63, 3.8) is 0 Å². The topological polar surface area (TPSA) is 88.3 Å². The van der Waals surface area contributed by atoms with Crippen LogP contribution in [0.4, 0.5) is 10.1 Å². The Labute approximate surface area is 126 Å². The van der Waals surface area contributed by atoms with Gasteiger partial charge in [0.2, 0.25) is 0 Å². The molecule has 6 nitrogen and oxygen atoms in total. The third-order valence-corrected chi connectivity index (χ3v) is 4.15. The van der Waals surface area contributed by atoms with Crippen molar-refractivity contribution in [2.45, 2.75) is 13.3 Å². The lowest BCUT2D eigenvalue weighted by Crippen LogP contribution is -2.20. The lowest BCUT2D eigenvalue weighted by Gasteiger charge is -2.16. The molecule has 0 aliphatic heterocycles. The van der Waals surface area contributed by atoms with Crippen LogP contribution in [0.3, 0.4) is 0 Å². The molecule has 2 aromatic rings. The first-order valence-electron chi connectivity index (χ1n) is 6.59. The maximum absolute atomic E-state index is 10.6. The number of rotatable bonds is 7. The van der Waals surface area contributed by atoms with Gasteiger partial charge < -0.3 is 10.4 Å². The highest BCUT2D eigenvalue weighted by Crippen LogP contribution is 2.25. The van der Waals surface area contributed by atoms with Gasteiger partial charge in [0.15, 0.2) is 5.13 Å². The summed E-state index contributed by atoms with van der Waals surface area (Å²) >= 11 is 1.000. The zero-order valence-electron chi connectivity index (χ0n) is 11.7. The number of benzene rings is 1. The summed E-state index contributed by atoms with van der Waals surface area (Å²) < 4.78 is 0. The number of aliphatic hydroxyl groups is 1. The average Bonchev–Trinajstić information content (AvgIpc) is 2.94. The molecule has 0 radical (unpaired) electrons. The smallest absolute Gasteiger partial charge is 0.345 e. The van der Waals surface area contributed by atoms with Crippen molar-refractivity contribution in [3.8, 4) is 0 Å². The lowest BCUT2D eigenvalue weighted by molar-refractivity contribution is -0.380. The third-order valence-electron chi connectivity index (χ3n) is 3.24. The molecule has 0 aliphatic carbocycles. The van der Waals surface area contributed by atoms with Crippen LogP contribution in [-0.4, -0.2) is 28.2 Å². The Hall–Kier alpha value is -1.99. The SMILES string of the molecule is Cc1ccccc1C[C@H](CO)CNc1ncc([N+](=O)[O-])s1. The molecule has 2 rings (SSSR count). The predicted molar refractivity (Wildman–Crippen MR) is 82.7 cm³/mol. The van der Waals surface area contributed by atoms with Crippen LogP contribution in [0.1, 0.15) is 11.1 Å². The first-order valence-corrected chi connectivity index (χ1v) is 7.41. The molecule has 21 heavy (non-hydrogen) atoms. The highest BCUT2D eigenvalue weighted by atomic mass is 32.1. The lowest BCUT2D eigenvalue weighted by atomic mass is 9.97. The number of aromatic nitrogens is 1. The number of thiazole rings is 1. The van der Waals surface area contributed by atoms with Crippen LogP contribution >= 0.6 is 11.3 Å². The van der Waals surface area contributed by atoms with Crippen LogP contribution in [0.15, 0.2) is 30.5 Å². The van der Waals surface area contributed by atoms with Gasteiger partial charge in [0.05, 0.1) is 4.92 Å². The van der Waals surface area contributed by atoms with E-state index >= 15 is 0 Å². The second-order valence-electron chi connectivity index (χ2n) is 4.82. The summed E-state index contributed by atoms with van der Waals surface area (Å²) in [5, 5.41) is 23.6. The van der Waals surface area contributed by atoms with Gasteiger partial charge in [-0.1, -0.05) is 24.3 Å². The van der Waals surface area contributed by atoms with Crippen molar-refractivity contribution in [1.29, 1.82) is 0 Å². The number of nitrogens with one attached hydrogen (secondary N) is 1. The van der Waals surface area contributed by atoms with E-state index in [0.717, 1.165) is 17.8 Å². The number of aliphatic hydroxyl groups excluding tert-OH is 1. The van der Waals surface area contributed by atoms with Crippen molar-refractivity contribution in [2.75, 3.05) is 18.5 Å². The Balaban J connectivity index is 1.93. The van der Waals surface area contributed by atoms with Gasteiger partial charge in [0.1, 0.15) is 6.20 Å². The number of nitro groups is 1. The first kappa shape index (κ1) is 15.4. The predicted octanol–water partition coefficient (Wildman–Crippen LogP) is 2.62. The van der Waals surface area contributed by atoms with Crippen molar-refractivity contribution in [3.05, 3.63) is 51.7 Å². The molecule has 0 fully saturated rings. The van der Waals surface area contributed by atoms with Crippen LogP contribution in [0.5, 0.6) is 0 Å². The molecule has 1 aromatic carbocycles. The maximum atomic E-state index is 10.6. The van der Waals surface area contributed by atoms with Crippen LogP contribution in [-0.2, 0) is 6.42 Å². The van der Waals surface area contributed by atoms with Gasteiger partial charge in [-0.25, -0.2) is 4.98 Å². The Morgan fingerprint density at radius 2 is 2.24 bits per heavy atom. The van der Waals surface area contributed by atoms with Crippen molar-refractivity contribution >= 4 is 21.5 Å². The average molecular weight is 307 g/mol. The van der Waals surface area contributed by atoms with Crippen molar-refractivity contribution in [2.24, 2.45) is 5.92 Å². The van der Waals surface area contributed by atoms with E-state index in [1.165, 1.54) is 17.3 Å². The second kappa shape index (κ2) is 7.14. The number of aryl methyl sites for hydroxylation is 1. The van der Waals surface area contributed by atoms with E-state index in [2.05, 4.69) is 10.3 Å². The summed E-state index contributed by atoms with van der Waals surface area (Å²) in [6.45, 7) is 2.62. The van der Waals surface area contributed by atoms with Crippen LogP contribution < -0.4 is 5.32 Å². The first-order chi connectivity index (χ1) is 10.1. The quantitative estimate of drug-likeness (QED) is 0.606. The van der Waals surface area contributed by atoms with Crippen LogP contribution in [0.25, 0.3) is 0 Å². The van der Waals surface area contributed by atoms with Crippen LogP contribution in [0, 0.1) is 23.0 Å². The molecule has 0 saturated carbocycles. The molecular formula is C14H17N3O3S. The molecule has 0 unspecified atom stereocenters. The van der Waals surface area contributed by atoms with Crippen molar-refractivity contribution < 1.29 is 10.0 Å². The van der Waals surface area contributed by atoms with E-state index in [9.17, 15) is 15.2 Å². The highest BCUT2D eigenvalue weighted by Gasteiger charge is 2.14. The van der Waals surface area contributed by atoms with E-state index in [1.807, 2.05) is 31.2 Å². The Morgan fingerprint density at radius 1 is 1.48 bits per heavy atom. The maximum Gasteiger partial charge on any atom is 0.345 e. The van der Waals surface area contributed by atoms with Gasteiger partial charge >= 0.3 is 5.00 Å². The molecule has 0 bridgehead atoms. The molecule has 1 atom stereocenters. The largest absolute Gasteiger partial charge is 0.396 e. The van der Waals surface area contributed by atoms with E-state index in [-0.39, 0.29) is 17.5 Å². The zero-order valence-corrected chi connectivity index (χ0v) is 12.5. The molecule has 1 aromatic heterocycles. The molecular weight excluding hydrogens is 290 g/mol. The number of hydrogen-bond acceptors (Lipinski definition) is 6. The van der Waals surface area contributed by atoms with Gasteiger partial charge in [0, 0.05) is 19.1 Å². The summed E-state index contributed by atoms with van der Waals surface area (Å²) in [5.74, 6) is 0.0362. The van der Waals surface area contributed by atoms with Gasteiger partial charge in [-0.3, -0.25) is 10.1 Å². The Morgan fingerprint density at radius 3 is 2.86 bits per heavy atom. The van der Waals surface area contributed by atoms with E-state index in [4.69, 9.17) is 0 Å². The molecule has 0 spiro atoms. The van der Waals surface area contributed by atoms with Gasteiger partial charge in [-0.15, -0.1) is 0 Å². The standard InChI is InChI=1S/C14H17N3O3S/c1-10-4-2-3-5-12(10)6-11(9-18)7-15-14-16-8-13(21-14)17(19)20/h2-5,8,11,18H,6-7,9H2,1H3,(H,15,16)/t11-/m0/s1. The summed E-state index contributed by atoms with van der Waals surface area (Å²) in [7, 11) is 0. The van der Waals surface area contributed by atoms with Gasteiger partial charge in [-0.05, 0) is 35.8 Å². The normalized spacial score (nSPS) is 12.1. The summed E-state index contributed by atoms with van der Waals surface area (Å²) in [6.07, 6.45) is 1.99. The minimum Gasteiger partial charge on any atom is -0.396 e. The van der Waals surface area contributed by atoms with Gasteiger partial charge in [-0.2, -0.15) is 0 Å². The van der Waals surface area contributed by atoms with E-state index < -0.39 is 4.92 Å². The molecule has 0 amide bonds. The summed E-state index contributed by atoms with van der Waals surface area (Å²) in [4.78, 5) is 14.1. The van der Waals surface area contributed by atoms with E-state index in [0.29, 0.717) is 11.7 Å². The molecule has 0 saturated heterocycles. The third kappa shape index (κ3) is 4.24. The fraction of sp³-hybridized carbons (Fsp3) is 0.357. The minimum absolute atomic E-state index is 0.0111. The van der Waals surface area contributed by atoms with Crippen LogP contribution in [0.2, 0.25) is 0 Å². The molecule has 0 aliphatic rings. The Bertz CT molecular complexity index is 615. The van der Waals surface area contributed by atoms with E-state index in [1.54, 1.807) is 0 Å². The molecule has 112 valence electrons. The highest BCUT2D eigenvalue weighted by molar-refractivity contribution is 7.18. The molecule has 1 heterocycles. The fourth-order valence-electron chi connectivity index (χ4n) is 2.01. The van der Waals surface area contributed by atoms with Crippen molar-refractivity contribution in [1.82, 2.24) is 4.98 Å². The number of nitrogens with zero attached hydrogens (tertiary/aromatic N) is 2. The molecule has 7 heteroatoms. The van der Waals surface area contributed by atoms with Gasteiger partial charge in [0.25, 0.3) is 0 Å². The molecule has 2 N–H and O–H groups in total. The number of anilines is 1. The summed E-state index contributed by atoms with van der Waals surface area (Å²) in [5.41, 5.74) is 2.39. The fourth-order valence-corrected chi connectivity index (χ4v) is 2.65. The minimum atomic E-state index is -0.459. The zero-order chi connectivity index (χ0) is 15.2.